The van der Waals surface area contributed by atoms with Crippen molar-refractivity contribution >= 4 is 60.4 Å². The van der Waals surface area contributed by atoms with E-state index in [2.05, 4.69) is 216 Å². The van der Waals surface area contributed by atoms with Crippen LogP contribution in [0.5, 0.6) is 0 Å². The molecule has 0 amide bonds. The molecule has 1 aromatic heterocycles. The van der Waals surface area contributed by atoms with Gasteiger partial charge in [-0.05, 0) is 104 Å². The van der Waals surface area contributed by atoms with Crippen molar-refractivity contribution in [2.24, 2.45) is 0 Å². The van der Waals surface area contributed by atoms with Crippen LogP contribution in [0.1, 0.15) is 0 Å². The minimum Gasteiger partial charge on any atom is -0.310 e. The summed E-state index contributed by atoms with van der Waals surface area (Å²) in [5.74, 6) is 0. The van der Waals surface area contributed by atoms with Gasteiger partial charge in [-0.2, -0.15) is 0 Å². The predicted molar refractivity (Wildman–Crippen MR) is 221 cm³/mol. The maximum atomic E-state index is 2.40. The van der Waals surface area contributed by atoms with Gasteiger partial charge < -0.3 is 9.47 Å². The van der Waals surface area contributed by atoms with Gasteiger partial charge in [0.2, 0.25) is 0 Å². The van der Waals surface area contributed by atoms with Gasteiger partial charge in [-0.1, -0.05) is 146 Å². The highest BCUT2D eigenvalue weighted by atomic mass is 15.1. The van der Waals surface area contributed by atoms with Crippen LogP contribution >= 0.6 is 0 Å². The van der Waals surface area contributed by atoms with Crippen LogP contribution in [-0.2, 0) is 0 Å². The lowest BCUT2D eigenvalue weighted by molar-refractivity contribution is 1.18. The molecular weight excluding hydrogens is 629 g/mol. The normalized spacial score (nSPS) is 11.5. The second kappa shape index (κ2) is 12.5. The summed E-state index contributed by atoms with van der Waals surface area (Å²) in [7, 11) is 0. The SMILES string of the molecule is c1ccc(N(c2ccc(-c3cccc4cccc(-c5cccc6c5c5ccccc5n6-c5ccccc5)c34)cc2)c2ccc3ccccc3c2)cc1. The standard InChI is InChI=1S/C50H34N2/c1-3-18-39(19-4-1)51(42-33-28-35-14-7-8-15-38(35)34-42)41-31-29-36(30-32-41)43-23-11-16-37-17-12-24-44(49(37)43)45-25-13-27-48-50(45)46-22-9-10-26-47(46)52(48)40-20-5-2-6-21-40/h1-34H. The molecule has 52 heavy (non-hydrogen) atoms. The van der Waals surface area contributed by atoms with Crippen LogP contribution in [0.3, 0.4) is 0 Å². The molecule has 0 saturated carbocycles. The fourth-order valence-electron chi connectivity index (χ4n) is 8.04. The summed E-state index contributed by atoms with van der Waals surface area (Å²) >= 11 is 0. The number of hydrogen-bond acceptors (Lipinski definition) is 1. The van der Waals surface area contributed by atoms with Crippen LogP contribution in [-0.4, -0.2) is 4.57 Å². The van der Waals surface area contributed by atoms with Gasteiger partial charge in [0.25, 0.3) is 0 Å². The topological polar surface area (TPSA) is 8.17 Å². The molecule has 2 heteroatoms. The summed E-state index contributed by atoms with van der Waals surface area (Å²) in [6.07, 6.45) is 0. The Labute approximate surface area is 303 Å². The molecule has 10 aromatic rings. The summed E-state index contributed by atoms with van der Waals surface area (Å²) in [6, 6.07) is 74.6. The van der Waals surface area contributed by atoms with E-state index in [1.807, 2.05) is 0 Å². The van der Waals surface area contributed by atoms with E-state index in [-0.39, 0.29) is 0 Å². The zero-order valence-corrected chi connectivity index (χ0v) is 28.5. The van der Waals surface area contributed by atoms with Crippen LogP contribution in [0.25, 0.3) is 71.3 Å². The predicted octanol–water partition coefficient (Wildman–Crippen LogP) is 13.9. The fourth-order valence-corrected chi connectivity index (χ4v) is 8.04. The molecule has 244 valence electrons. The van der Waals surface area contributed by atoms with Crippen LogP contribution < -0.4 is 4.90 Å². The number of anilines is 3. The maximum absolute atomic E-state index is 2.40. The van der Waals surface area contributed by atoms with Gasteiger partial charge in [0.15, 0.2) is 0 Å². The Kier molecular flexibility index (Phi) is 7.18. The van der Waals surface area contributed by atoms with E-state index in [0.717, 1.165) is 22.7 Å². The van der Waals surface area contributed by atoms with Crippen molar-refractivity contribution in [2.75, 3.05) is 4.90 Å². The number of hydrogen-bond donors (Lipinski definition) is 0. The van der Waals surface area contributed by atoms with E-state index in [1.165, 1.54) is 65.6 Å². The van der Waals surface area contributed by atoms with Crippen molar-refractivity contribution in [3.63, 3.8) is 0 Å². The molecule has 0 N–H and O–H groups in total. The quantitative estimate of drug-likeness (QED) is 0.172. The van der Waals surface area contributed by atoms with Gasteiger partial charge >= 0.3 is 0 Å². The molecule has 9 aromatic carbocycles. The lowest BCUT2D eigenvalue weighted by atomic mass is 9.89. The molecule has 0 saturated heterocycles. The monoisotopic (exact) mass is 662 g/mol. The lowest BCUT2D eigenvalue weighted by Crippen LogP contribution is -2.09. The number of para-hydroxylation sites is 3. The Morgan fingerprint density at radius 1 is 0.327 bits per heavy atom. The second-order valence-electron chi connectivity index (χ2n) is 13.3. The lowest BCUT2D eigenvalue weighted by Gasteiger charge is -2.26. The van der Waals surface area contributed by atoms with Crippen molar-refractivity contribution in [1.29, 1.82) is 0 Å². The first-order valence-corrected chi connectivity index (χ1v) is 17.9. The van der Waals surface area contributed by atoms with Crippen LogP contribution in [0.4, 0.5) is 17.1 Å². The third-order valence-corrected chi connectivity index (χ3v) is 10.3. The minimum atomic E-state index is 1.11. The van der Waals surface area contributed by atoms with E-state index in [1.54, 1.807) is 0 Å². The molecule has 0 atom stereocenters. The van der Waals surface area contributed by atoms with Crippen molar-refractivity contribution in [3.05, 3.63) is 206 Å². The molecule has 10 rings (SSSR count). The minimum absolute atomic E-state index is 1.11. The first-order chi connectivity index (χ1) is 25.8. The molecular formula is C50H34N2. The number of rotatable bonds is 6. The van der Waals surface area contributed by atoms with Crippen molar-refractivity contribution in [1.82, 2.24) is 4.57 Å². The molecule has 0 aliphatic heterocycles. The van der Waals surface area contributed by atoms with Gasteiger partial charge in [0.05, 0.1) is 11.0 Å². The van der Waals surface area contributed by atoms with E-state index in [0.29, 0.717) is 0 Å². The van der Waals surface area contributed by atoms with E-state index < -0.39 is 0 Å². The summed E-state index contributed by atoms with van der Waals surface area (Å²) in [5.41, 5.74) is 11.8. The Bertz CT molecular complexity index is 2880. The third-order valence-electron chi connectivity index (χ3n) is 10.3. The zero-order chi connectivity index (χ0) is 34.4. The van der Waals surface area contributed by atoms with Gasteiger partial charge in [-0.25, -0.2) is 0 Å². The second-order valence-corrected chi connectivity index (χ2v) is 13.3. The Morgan fingerprint density at radius 3 is 1.67 bits per heavy atom. The number of nitrogens with zero attached hydrogens (tertiary/aromatic N) is 2. The Balaban J connectivity index is 1.14. The van der Waals surface area contributed by atoms with E-state index in [9.17, 15) is 0 Å². The summed E-state index contributed by atoms with van der Waals surface area (Å²) < 4.78 is 2.40. The molecule has 0 unspecified atom stereocenters. The van der Waals surface area contributed by atoms with Crippen LogP contribution in [0.15, 0.2) is 206 Å². The summed E-state index contributed by atoms with van der Waals surface area (Å²) in [6.45, 7) is 0. The van der Waals surface area contributed by atoms with Gasteiger partial charge in [0, 0.05) is 33.5 Å². The molecule has 2 nitrogen and oxygen atoms in total. The highest BCUT2D eigenvalue weighted by Gasteiger charge is 2.19. The van der Waals surface area contributed by atoms with E-state index >= 15 is 0 Å². The van der Waals surface area contributed by atoms with Crippen molar-refractivity contribution in [3.8, 4) is 27.9 Å². The molecule has 0 aliphatic carbocycles. The summed E-state index contributed by atoms with van der Waals surface area (Å²) in [4.78, 5) is 2.34. The zero-order valence-electron chi connectivity index (χ0n) is 28.5. The fraction of sp³-hybridized carbons (Fsp3) is 0. The van der Waals surface area contributed by atoms with E-state index in [4.69, 9.17) is 0 Å². The number of benzene rings is 9. The number of fused-ring (bicyclic) bond motifs is 5. The Hall–Kier alpha value is -6.90. The molecule has 0 spiro atoms. The molecule has 0 fully saturated rings. The van der Waals surface area contributed by atoms with Gasteiger partial charge in [-0.15, -0.1) is 0 Å². The molecule has 0 bridgehead atoms. The van der Waals surface area contributed by atoms with Crippen LogP contribution in [0.2, 0.25) is 0 Å². The highest BCUT2D eigenvalue weighted by molar-refractivity contribution is 6.19. The largest absolute Gasteiger partial charge is 0.310 e. The van der Waals surface area contributed by atoms with Crippen molar-refractivity contribution < 1.29 is 0 Å². The first-order valence-electron chi connectivity index (χ1n) is 17.9. The third kappa shape index (κ3) is 4.96. The maximum Gasteiger partial charge on any atom is 0.0547 e. The smallest absolute Gasteiger partial charge is 0.0547 e. The average Bonchev–Trinajstić information content (AvgIpc) is 3.56. The van der Waals surface area contributed by atoms with Crippen molar-refractivity contribution in [2.45, 2.75) is 0 Å². The number of aromatic nitrogens is 1. The Morgan fingerprint density at radius 2 is 0.885 bits per heavy atom. The molecule has 0 aliphatic rings. The van der Waals surface area contributed by atoms with Crippen LogP contribution in [0, 0.1) is 0 Å². The average molecular weight is 663 g/mol. The molecule has 0 radical (unpaired) electrons. The van der Waals surface area contributed by atoms with Gasteiger partial charge in [-0.3, -0.25) is 0 Å². The first kappa shape index (κ1) is 30.0. The van der Waals surface area contributed by atoms with Gasteiger partial charge in [0.1, 0.15) is 0 Å². The highest BCUT2D eigenvalue weighted by Crippen LogP contribution is 2.44. The molecule has 1 heterocycles. The summed E-state index contributed by atoms with van der Waals surface area (Å²) in [5, 5.41) is 7.48.